The van der Waals surface area contributed by atoms with Crippen molar-refractivity contribution in [1.82, 2.24) is 10.3 Å². The Hall–Kier alpha value is -2.11. The summed E-state index contributed by atoms with van der Waals surface area (Å²) in [7, 11) is 0. The summed E-state index contributed by atoms with van der Waals surface area (Å²) in [4.78, 5) is 26.3. The third-order valence-electron chi connectivity index (χ3n) is 2.57. The van der Waals surface area contributed by atoms with Crippen LogP contribution >= 0.6 is 0 Å². The Labute approximate surface area is 112 Å². The van der Waals surface area contributed by atoms with Crippen molar-refractivity contribution in [3.05, 3.63) is 24.0 Å². The van der Waals surface area contributed by atoms with E-state index >= 15 is 0 Å². The first-order chi connectivity index (χ1) is 8.84. The topological polar surface area (TPSA) is 91.3 Å². The maximum atomic E-state index is 11.8. The Kier molecular flexibility index (Phi) is 4.86. The molecule has 0 aliphatic carbocycles. The number of anilines is 1. The summed E-state index contributed by atoms with van der Waals surface area (Å²) in [5, 5.41) is 14.2. The van der Waals surface area contributed by atoms with Crippen LogP contribution in [-0.4, -0.2) is 27.6 Å². The predicted molar refractivity (Wildman–Crippen MR) is 72.3 cm³/mol. The number of aromatic nitrogens is 1. The molecule has 0 aliphatic rings. The van der Waals surface area contributed by atoms with Gasteiger partial charge < -0.3 is 15.7 Å². The zero-order valence-electron chi connectivity index (χ0n) is 11.4. The lowest BCUT2D eigenvalue weighted by molar-refractivity contribution is 0.0696. The van der Waals surface area contributed by atoms with Gasteiger partial charge in [-0.25, -0.2) is 9.59 Å². The van der Waals surface area contributed by atoms with Gasteiger partial charge >= 0.3 is 12.0 Å². The van der Waals surface area contributed by atoms with Crippen LogP contribution in [0.5, 0.6) is 0 Å². The molecule has 6 heteroatoms. The highest BCUT2D eigenvalue weighted by atomic mass is 16.4. The number of nitrogens with zero attached hydrogens (tertiary/aromatic N) is 1. The van der Waals surface area contributed by atoms with E-state index in [1.165, 1.54) is 18.5 Å². The number of rotatable bonds is 5. The zero-order valence-corrected chi connectivity index (χ0v) is 11.4. The molecule has 0 aliphatic heterocycles. The van der Waals surface area contributed by atoms with E-state index < -0.39 is 5.97 Å². The number of carbonyl (C=O) groups is 2. The number of urea groups is 1. The van der Waals surface area contributed by atoms with Crippen molar-refractivity contribution >= 4 is 17.7 Å². The normalized spacial score (nSPS) is 10.9. The number of nitrogens with one attached hydrogen (secondary N) is 2. The Morgan fingerprint density at radius 2 is 2.05 bits per heavy atom. The van der Waals surface area contributed by atoms with Gasteiger partial charge in [0.15, 0.2) is 0 Å². The van der Waals surface area contributed by atoms with Gasteiger partial charge in [0.1, 0.15) is 0 Å². The highest BCUT2D eigenvalue weighted by Crippen LogP contribution is 2.12. The number of hydrogen-bond donors (Lipinski definition) is 3. The first kappa shape index (κ1) is 14.9. The average Bonchev–Trinajstić information content (AvgIpc) is 2.27. The van der Waals surface area contributed by atoms with Crippen LogP contribution in [0, 0.1) is 0 Å². The van der Waals surface area contributed by atoms with Gasteiger partial charge in [0, 0.05) is 11.7 Å². The van der Waals surface area contributed by atoms with Crippen LogP contribution in [-0.2, 0) is 0 Å². The highest BCUT2D eigenvalue weighted by molar-refractivity contribution is 5.92. The van der Waals surface area contributed by atoms with Crippen LogP contribution < -0.4 is 10.6 Å². The van der Waals surface area contributed by atoms with Crippen LogP contribution in [0.15, 0.2) is 18.5 Å². The lowest BCUT2D eigenvalue weighted by Gasteiger charge is -2.25. The standard InChI is InChI=1S/C13H19N3O3/c1-4-5-13(2,3)16-12(19)15-10-6-9(11(17)18)7-14-8-10/h6-8H,4-5H2,1-3H3,(H,17,18)(H2,15,16,19). The minimum Gasteiger partial charge on any atom is -0.478 e. The molecule has 0 unspecified atom stereocenters. The van der Waals surface area contributed by atoms with Crippen molar-refractivity contribution in [2.75, 3.05) is 5.32 Å². The molecule has 0 radical (unpaired) electrons. The van der Waals surface area contributed by atoms with Gasteiger partial charge in [0.25, 0.3) is 0 Å². The van der Waals surface area contributed by atoms with Gasteiger partial charge in [0.2, 0.25) is 0 Å². The molecule has 0 bridgehead atoms. The third kappa shape index (κ3) is 4.95. The van der Waals surface area contributed by atoms with E-state index in [-0.39, 0.29) is 17.1 Å². The van der Waals surface area contributed by atoms with Crippen LogP contribution in [0.25, 0.3) is 0 Å². The maximum Gasteiger partial charge on any atom is 0.337 e. The SMILES string of the molecule is CCCC(C)(C)NC(=O)Nc1cncc(C(=O)O)c1. The minimum absolute atomic E-state index is 0.0330. The van der Waals surface area contributed by atoms with Crippen molar-refractivity contribution < 1.29 is 14.7 Å². The Bertz CT molecular complexity index is 472. The molecule has 6 nitrogen and oxygen atoms in total. The predicted octanol–water partition coefficient (Wildman–Crippen LogP) is 2.48. The molecule has 2 amide bonds. The summed E-state index contributed by atoms with van der Waals surface area (Å²) in [5.41, 5.74) is 0.0757. The molecule has 0 fully saturated rings. The van der Waals surface area contributed by atoms with Crippen molar-refractivity contribution in [3.8, 4) is 0 Å². The van der Waals surface area contributed by atoms with Gasteiger partial charge in [-0.05, 0) is 26.3 Å². The number of carboxylic acid groups (broad SMARTS) is 1. The fourth-order valence-corrected chi connectivity index (χ4v) is 1.78. The van der Waals surface area contributed by atoms with Crippen molar-refractivity contribution in [2.24, 2.45) is 0 Å². The van der Waals surface area contributed by atoms with Gasteiger partial charge in [-0.15, -0.1) is 0 Å². The highest BCUT2D eigenvalue weighted by Gasteiger charge is 2.19. The largest absolute Gasteiger partial charge is 0.478 e. The second-order valence-electron chi connectivity index (χ2n) is 4.98. The maximum absolute atomic E-state index is 11.8. The first-order valence-electron chi connectivity index (χ1n) is 6.11. The van der Waals surface area contributed by atoms with E-state index in [0.29, 0.717) is 5.69 Å². The number of carboxylic acids is 1. The summed E-state index contributed by atoms with van der Waals surface area (Å²) >= 11 is 0. The van der Waals surface area contributed by atoms with Crippen LogP contribution in [0.3, 0.4) is 0 Å². The Balaban J connectivity index is 2.67. The molecule has 0 atom stereocenters. The molecule has 1 aromatic rings. The van der Waals surface area contributed by atoms with E-state index in [0.717, 1.165) is 12.8 Å². The molecule has 1 aromatic heterocycles. The third-order valence-corrected chi connectivity index (χ3v) is 2.57. The molecule has 0 aromatic carbocycles. The molecule has 0 saturated carbocycles. The second kappa shape index (κ2) is 6.17. The summed E-state index contributed by atoms with van der Waals surface area (Å²) in [6, 6.07) is 0.990. The molecule has 3 N–H and O–H groups in total. The number of hydrogen-bond acceptors (Lipinski definition) is 3. The molecule has 0 saturated heterocycles. The lowest BCUT2D eigenvalue weighted by atomic mass is 9.99. The minimum atomic E-state index is -1.08. The van der Waals surface area contributed by atoms with E-state index in [1.54, 1.807) is 0 Å². The monoisotopic (exact) mass is 265 g/mol. The van der Waals surface area contributed by atoms with Crippen molar-refractivity contribution in [3.63, 3.8) is 0 Å². The Morgan fingerprint density at radius 1 is 1.37 bits per heavy atom. The fourth-order valence-electron chi connectivity index (χ4n) is 1.78. The van der Waals surface area contributed by atoms with Gasteiger partial charge in [-0.2, -0.15) is 0 Å². The van der Waals surface area contributed by atoms with Crippen molar-refractivity contribution in [2.45, 2.75) is 39.2 Å². The number of carbonyl (C=O) groups excluding carboxylic acids is 1. The molecular weight excluding hydrogens is 246 g/mol. The summed E-state index contributed by atoms with van der Waals surface area (Å²) < 4.78 is 0. The van der Waals surface area contributed by atoms with Gasteiger partial charge in [-0.1, -0.05) is 13.3 Å². The molecular formula is C13H19N3O3. The number of aromatic carboxylic acids is 1. The van der Waals surface area contributed by atoms with Crippen LogP contribution in [0.2, 0.25) is 0 Å². The quantitative estimate of drug-likeness (QED) is 0.762. The second-order valence-corrected chi connectivity index (χ2v) is 4.98. The molecule has 1 heterocycles. The van der Waals surface area contributed by atoms with Crippen LogP contribution in [0.4, 0.5) is 10.5 Å². The lowest BCUT2D eigenvalue weighted by Crippen LogP contribution is -2.45. The molecule has 19 heavy (non-hydrogen) atoms. The van der Waals surface area contributed by atoms with Gasteiger partial charge in [0.05, 0.1) is 17.4 Å². The molecule has 1 rings (SSSR count). The van der Waals surface area contributed by atoms with Crippen LogP contribution in [0.1, 0.15) is 44.0 Å². The number of pyridine rings is 1. The molecule has 104 valence electrons. The fraction of sp³-hybridized carbons (Fsp3) is 0.462. The average molecular weight is 265 g/mol. The Morgan fingerprint density at radius 3 is 2.63 bits per heavy atom. The van der Waals surface area contributed by atoms with Crippen molar-refractivity contribution in [1.29, 1.82) is 0 Å². The smallest absolute Gasteiger partial charge is 0.337 e. The van der Waals surface area contributed by atoms with E-state index in [9.17, 15) is 9.59 Å². The van der Waals surface area contributed by atoms with E-state index in [4.69, 9.17) is 5.11 Å². The summed E-state index contributed by atoms with van der Waals surface area (Å²) in [6.07, 6.45) is 4.45. The summed E-state index contributed by atoms with van der Waals surface area (Å²) in [6.45, 7) is 5.91. The zero-order chi connectivity index (χ0) is 14.5. The van der Waals surface area contributed by atoms with Gasteiger partial charge in [-0.3, -0.25) is 4.98 Å². The summed E-state index contributed by atoms with van der Waals surface area (Å²) in [5.74, 6) is -1.08. The van der Waals surface area contributed by atoms with E-state index in [2.05, 4.69) is 15.6 Å². The molecule has 0 spiro atoms. The van der Waals surface area contributed by atoms with E-state index in [1.807, 2.05) is 20.8 Å². The first-order valence-corrected chi connectivity index (χ1v) is 6.11. The number of amides is 2.